The first-order chi connectivity index (χ1) is 12.5. The third-order valence-electron chi connectivity index (χ3n) is 3.78. The highest BCUT2D eigenvalue weighted by atomic mass is 19.1. The van der Waals surface area contributed by atoms with E-state index in [2.05, 4.69) is 15.6 Å². The van der Waals surface area contributed by atoms with E-state index in [4.69, 9.17) is 0 Å². The Hall–Kier alpha value is -3.41. The summed E-state index contributed by atoms with van der Waals surface area (Å²) in [5.41, 5.74) is 2.93. The van der Waals surface area contributed by atoms with Gasteiger partial charge < -0.3 is 15.5 Å². The zero-order chi connectivity index (χ0) is 18.5. The van der Waals surface area contributed by atoms with Crippen molar-refractivity contribution in [3.05, 3.63) is 78.2 Å². The molecule has 0 saturated heterocycles. The average molecular weight is 350 g/mol. The van der Waals surface area contributed by atoms with Crippen molar-refractivity contribution in [1.29, 1.82) is 0 Å². The van der Waals surface area contributed by atoms with Gasteiger partial charge in [0.15, 0.2) is 0 Å². The number of pyridine rings is 1. The number of rotatable bonds is 5. The molecule has 6 heteroatoms. The summed E-state index contributed by atoms with van der Waals surface area (Å²) in [6.45, 7) is 0. The number of halogens is 1. The van der Waals surface area contributed by atoms with Gasteiger partial charge in [-0.15, -0.1) is 0 Å². The highest BCUT2D eigenvalue weighted by molar-refractivity contribution is 6.04. The van der Waals surface area contributed by atoms with Crippen LogP contribution in [0.3, 0.4) is 0 Å². The molecule has 2 N–H and O–H groups in total. The van der Waals surface area contributed by atoms with Crippen molar-refractivity contribution in [2.45, 2.75) is 0 Å². The van der Waals surface area contributed by atoms with Crippen LogP contribution in [0, 0.1) is 5.82 Å². The molecule has 0 atom stereocenters. The molecule has 2 aromatic carbocycles. The fourth-order valence-corrected chi connectivity index (χ4v) is 2.37. The van der Waals surface area contributed by atoms with Crippen molar-refractivity contribution < 1.29 is 9.18 Å². The lowest BCUT2D eigenvalue weighted by Gasteiger charge is -2.13. The molecule has 0 saturated carbocycles. The number of carbonyl (C=O) groups is 1. The molecule has 0 fully saturated rings. The Morgan fingerprint density at radius 2 is 1.62 bits per heavy atom. The third-order valence-corrected chi connectivity index (χ3v) is 3.78. The Morgan fingerprint density at radius 3 is 2.27 bits per heavy atom. The molecule has 3 aromatic rings. The number of hydrogen-bond acceptors (Lipinski definition) is 4. The van der Waals surface area contributed by atoms with E-state index < -0.39 is 0 Å². The number of amides is 1. The lowest BCUT2D eigenvalue weighted by molar-refractivity contribution is 0.102. The summed E-state index contributed by atoms with van der Waals surface area (Å²) >= 11 is 0. The number of benzene rings is 2. The van der Waals surface area contributed by atoms with Crippen LogP contribution in [-0.4, -0.2) is 25.0 Å². The van der Waals surface area contributed by atoms with Crippen LogP contribution in [0.1, 0.15) is 10.4 Å². The maximum atomic E-state index is 13.0. The molecule has 0 aliphatic carbocycles. The van der Waals surface area contributed by atoms with Crippen LogP contribution in [0.25, 0.3) is 0 Å². The van der Waals surface area contributed by atoms with Crippen molar-refractivity contribution in [2.24, 2.45) is 0 Å². The van der Waals surface area contributed by atoms with E-state index in [1.54, 1.807) is 30.5 Å². The summed E-state index contributed by atoms with van der Waals surface area (Å²) < 4.78 is 13.0. The minimum Gasteiger partial charge on any atom is -0.378 e. The Kier molecular flexibility index (Phi) is 5.12. The van der Waals surface area contributed by atoms with E-state index in [9.17, 15) is 9.18 Å². The van der Waals surface area contributed by atoms with Crippen LogP contribution in [0.2, 0.25) is 0 Å². The summed E-state index contributed by atoms with van der Waals surface area (Å²) in [5, 5.41) is 5.91. The Labute approximate surface area is 151 Å². The second-order valence-electron chi connectivity index (χ2n) is 5.96. The Balaban J connectivity index is 1.70. The molecule has 1 heterocycles. The quantitative estimate of drug-likeness (QED) is 0.721. The number of hydrogen-bond donors (Lipinski definition) is 2. The predicted molar refractivity (Wildman–Crippen MR) is 103 cm³/mol. The Bertz CT molecular complexity index is 892. The maximum Gasteiger partial charge on any atom is 0.255 e. The molecule has 0 spiro atoms. The maximum absolute atomic E-state index is 13.0. The minimum atomic E-state index is -0.308. The Morgan fingerprint density at radius 1 is 0.962 bits per heavy atom. The fraction of sp³-hybridized carbons (Fsp3) is 0.100. The minimum absolute atomic E-state index is 0.229. The normalized spacial score (nSPS) is 10.3. The first-order valence-corrected chi connectivity index (χ1v) is 8.09. The third kappa shape index (κ3) is 4.36. The van der Waals surface area contributed by atoms with Crippen molar-refractivity contribution in [2.75, 3.05) is 29.6 Å². The molecule has 0 bridgehead atoms. The first-order valence-electron chi connectivity index (χ1n) is 8.09. The van der Waals surface area contributed by atoms with E-state index in [1.807, 2.05) is 43.3 Å². The van der Waals surface area contributed by atoms with Crippen LogP contribution < -0.4 is 15.5 Å². The van der Waals surface area contributed by atoms with Crippen LogP contribution in [-0.2, 0) is 0 Å². The molecule has 0 aliphatic heterocycles. The van der Waals surface area contributed by atoms with Gasteiger partial charge in [-0.05, 0) is 60.7 Å². The predicted octanol–water partition coefficient (Wildman–Crippen LogP) is 4.28. The van der Waals surface area contributed by atoms with Gasteiger partial charge in [0.25, 0.3) is 5.91 Å². The molecular weight excluding hydrogens is 331 g/mol. The molecule has 0 unspecified atom stereocenters. The SMILES string of the molecule is CN(C)c1ccc(NC(=O)c2ccnc(Nc3ccc(F)cc3)c2)cc1. The largest absolute Gasteiger partial charge is 0.378 e. The monoisotopic (exact) mass is 350 g/mol. The fourth-order valence-electron chi connectivity index (χ4n) is 2.37. The lowest BCUT2D eigenvalue weighted by atomic mass is 10.2. The van der Waals surface area contributed by atoms with Gasteiger partial charge in [0, 0.05) is 42.9 Å². The number of nitrogens with zero attached hydrogens (tertiary/aromatic N) is 2. The van der Waals surface area contributed by atoms with Gasteiger partial charge >= 0.3 is 0 Å². The van der Waals surface area contributed by atoms with Crippen molar-refractivity contribution >= 4 is 28.8 Å². The molecule has 26 heavy (non-hydrogen) atoms. The molecule has 1 aromatic heterocycles. The number of nitrogens with one attached hydrogen (secondary N) is 2. The molecule has 3 rings (SSSR count). The van der Waals surface area contributed by atoms with E-state index in [0.717, 1.165) is 5.69 Å². The van der Waals surface area contributed by atoms with Crippen LogP contribution in [0.15, 0.2) is 66.9 Å². The van der Waals surface area contributed by atoms with Crippen LogP contribution in [0.4, 0.5) is 27.3 Å². The second kappa shape index (κ2) is 7.65. The second-order valence-corrected chi connectivity index (χ2v) is 5.96. The molecule has 1 amide bonds. The lowest BCUT2D eigenvalue weighted by Crippen LogP contribution is -2.13. The number of anilines is 4. The average Bonchev–Trinajstić information content (AvgIpc) is 2.64. The standard InChI is InChI=1S/C20H19FN4O/c1-25(2)18-9-7-17(8-10-18)24-20(26)14-11-12-22-19(13-14)23-16-5-3-15(21)4-6-16/h3-13H,1-2H3,(H,22,23)(H,24,26). The molecule has 132 valence electrons. The van der Waals surface area contributed by atoms with Gasteiger partial charge in [-0.2, -0.15) is 0 Å². The van der Waals surface area contributed by atoms with Crippen molar-refractivity contribution in [3.8, 4) is 0 Å². The highest BCUT2D eigenvalue weighted by Crippen LogP contribution is 2.18. The van der Waals surface area contributed by atoms with E-state index in [1.165, 1.54) is 12.1 Å². The molecule has 5 nitrogen and oxygen atoms in total. The van der Waals surface area contributed by atoms with Crippen LogP contribution >= 0.6 is 0 Å². The van der Waals surface area contributed by atoms with Gasteiger partial charge in [-0.3, -0.25) is 4.79 Å². The zero-order valence-electron chi connectivity index (χ0n) is 14.5. The molecule has 0 radical (unpaired) electrons. The summed E-state index contributed by atoms with van der Waals surface area (Å²) in [4.78, 5) is 18.6. The van der Waals surface area contributed by atoms with Gasteiger partial charge in [-0.1, -0.05) is 0 Å². The van der Waals surface area contributed by atoms with Gasteiger partial charge in [0.2, 0.25) is 0 Å². The zero-order valence-corrected chi connectivity index (χ0v) is 14.5. The van der Waals surface area contributed by atoms with E-state index in [-0.39, 0.29) is 11.7 Å². The summed E-state index contributed by atoms with van der Waals surface area (Å²) in [6.07, 6.45) is 1.55. The summed E-state index contributed by atoms with van der Waals surface area (Å²) in [7, 11) is 3.92. The summed E-state index contributed by atoms with van der Waals surface area (Å²) in [5.74, 6) is -0.0312. The topological polar surface area (TPSA) is 57.3 Å². The van der Waals surface area contributed by atoms with E-state index in [0.29, 0.717) is 22.8 Å². The smallest absolute Gasteiger partial charge is 0.255 e. The first kappa shape index (κ1) is 17.4. The number of aromatic nitrogens is 1. The van der Waals surface area contributed by atoms with Gasteiger partial charge in [0.05, 0.1) is 0 Å². The summed E-state index contributed by atoms with van der Waals surface area (Å²) in [6, 6.07) is 16.8. The van der Waals surface area contributed by atoms with Gasteiger partial charge in [0.1, 0.15) is 11.6 Å². The highest BCUT2D eigenvalue weighted by Gasteiger charge is 2.08. The molecule has 0 aliphatic rings. The van der Waals surface area contributed by atoms with Crippen molar-refractivity contribution in [3.63, 3.8) is 0 Å². The van der Waals surface area contributed by atoms with Crippen molar-refractivity contribution in [1.82, 2.24) is 4.98 Å². The van der Waals surface area contributed by atoms with Gasteiger partial charge in [-0.25, -0.2) is 9.37 Å². The molecular formula is C20H19FN4O. The van der Waals surface area contributed by atoms with E-state index >= 15 is 0 Å². The van der Waals surface area contributed by atoms with Crippen LogP contribution in [0.5, 0.6) is 0 Å². The number of carbonyl (C=O) groups excluding carboxylic acids is 1.